The molecule has 0 saturated carbocycles. The number of nitrogens with zero attached hydrogens (tertiary/aromatic N) is 1. The molecule has 1 heterocycles. The summed E-state index contributed by atoms with van der Waals surface area (Å²) < 4.78 is 41.4. The Balaban J connectivity index is 2.47. The molecule has 1 aromatic rings. The van der Waals surface area contributed by atoms with Crippen LogP contribution in [0.15, 0.2) is 15.2 Å². The van der Waals surface area contributed by atoms with Gasteiger partial charge in [-0.1, -0.05) is 0 Å². The van der Waals surface area contributed by atoms with Crippen molar-refractivity contribution in [2.45, 2.75) is 25.7 Å². The molecule has 0 saturated heterocycles. The fourth-order valence-corrected chi connectivity index (χ4v) is 2.58. The van der Waals surface area contributed by atoms with E-state index in [1.165, 1.54) is 30.2 Å². The summed E-state index contributed by atoms with van der Waals surface area (Å²) in [5.74, 6) is -0.480. The van der Waals surface area contributed by atoms with E-state index in [0.717, 1.165) is 9.35 Å². The first-order valence-corrected chi connectivity index (χ1v) is 7.02. The Morgan fingerprint density at radius 1 is 1.58 bits per heavy atom. The Morgan fingerprint density at radius 2 is 2.21 bits per heavy atom. The summed E-state index contributed by atoms with van der Waals surface area (Å²) in [5, 5.41) is 1.87. The number of carbonyl (C=O) groups excluding carboxylic acids is 1. The van der Waals surface area contributed by atoms with Gasteiger partial charge in [0.1, 0.15) is 12.7 Å². The van der Waals surface area contributed by atoms with Crippen LogP contribution in [-0.4, -0.2) is 36.7 Å². The molecule has 19 heavy (non-hydrogen) atoms. The highest BCUT2D eigenvalue weighted by atomic mass is 79.9. The maximum absolute atomic E-state index is 12.0. The molecule has 0 aliphatic rings. The van der Waals surface area contributed by atoms with Crippen molar-refractivity contribution in [3.63, 3.8) is 0 Å². The highest BCUT2D eigenvalue weighted by molar-refractivity contribution is 9.11. The third-order valence-corrected chi connectivity index (χ3v) is 3.82. The van der Waals surface area contributed by atoms with Gasteiger partial charge < -0.3 is 9.64 Å². The maximum Gasteiger partial charge on any atom is 0.411 e. The number of hydrogen-bond donors (Lipinski definition) is 0. The zero-order valence-corrected chi connectivity index (χ0v) is 12.7. The molecule has 1 atom stereocenters. The van der Waals surface area contributed by atoms with Gasteiger partial charge in [-0.05, 0) is 39.9 Å². The molecule has 108 valence electrons. The Kier molecular flexibility index (Phi) is 5.82. The first-order chi connectivity index (χ1) is 8.69. The van der Waals surface area contributed by atoms with Crippen molar-refractivity contribution in [3.8, 4) is 0 Å². The molecule has 0 aliphatic carbocycles. The molecule has 0 fully saturated rings. The molecule has 0 aromatic carbocycles. The zero-order valence-electron chi connectivity index (χ0n) is 10.3. The van der Waals surface area contributed by atoms with Crippen LogP contribution in [-0.2, 0) is 16.1 Å². The van der Waals surface area contributed by atoms with Crippen molar-refractivity contribution < 1.29 is 22.7 Å². The van der Waals surface area contributed by atoms with E-state index in [1.807, 2.05) is 11.4 Å². The molecule has 1 aromatic heterocycles. The van der Waals surface area contributed by atoms with E-state index in [-0.39, 0.29) is 0 Å². The molecule has 1 unspecified atom stereocenters. The summed E-state index contributed by atoms with van der Waals surface area (Å²) in [6, 6.07) is 1.86. The molecule has 0 aliphatic heterocycles. The minimum absolute atomic E-state index is 0.334. The Hall–Kier alpha value is -0.600. The second-order valence-corrected chi connectivity index (χ2v) is 6.31. The lowest BCUT2D eigenvalue weighted by atomic mass is 10.3. The van der Waals surface area contributed by atoms with E-state index in [9.17, 15) is 18.0 Å². The van der Waals surface area contributed by atoms with Gasteiger partial charge in [0.15, 0.2) is 0 Å². The van der Waals surface area contributed by atoms with Gasteiger partial charge in [0.05, 0.1) is 3.79 Å². The van der Waals surface area contributed by atoms with Gasteiger partial charge in [0.2, 0.25) is 0 Å². The van der Waals surface area contributed by atoms with Crippen molar-refractivity contribution in [3.05, 3.63) is 20.8 Å². The maximum atomic E-state index is 12.0. The normalized spacial score (nSPS) is 13.4. The summed E-state index contributed by atoms with van der Waals surface area (Å²) in [4.78, 5) is 13.1. The lowest BCUT2D eigenvalue weighted by molar-refractivity contribution is -0.188. The van der Waals surface area contributed by atoms with Crippen LogP contribution in [0.3, 0.4) is 0 Å². The smallest absolute Gasteiger partial charge is 0.359 e. The van der Waals surface area contributed by atoms with Gasteiger partial charge in [-0.25, -0.2) is 0 Å². The van der Waals surface area contributed by atoms with Gasteiger partial charge in [0, 0.05) is 13.6 Å². The second-order valence-electron chi connectivity index (χ2n) is 4.02. The lowest BCUT2D eigenvalue weighted by Gasteiger charge is -2.21. The highest BCUT2D eigenvalue weighted by Gasteiger charge is 2.30. The fraction of sp³-hybridized carbons (Fsp3) is 0.545. The number of ether oxygens (including phenoxy) is 1. The molecule has 0 bridgehead atoms. The SMILES string of the molecule is CC(OCC(F)(F)F)C(=O)N(C)Cc1csc(Br)c1. The average molecular weight is 360 g/mol. The summed E-state index contributed by atoms with van der Waals surface area (Å²) in [6.45, 7) is 0.229. The molecule has 8 heteroatoms. The third-order valence-electron chi connectivity index (χ3n) is 2.26. The first-order valence-electron chi connectivity index (χ1n) is 5.35. The van der Waals surface area contributed by atoms with E-state index in [0.29, 0.717) is 6.54 Å². The van der Waals surface area contributed by atoms with Crippen molar-refractivity contribution in [2.24, 2.45) is 0 Å². The van der Waals surface area contributed by atoms with Crippen molar-refractivity contribution in [2.75, 3.05) is 13.7 Å². The van der Waals surface area contributed by atoms with E-state index in [1.54, 1.807) is 0 Å². The van der Waals surface area contributed by atoms with E-state index < -0.39 is 24.8 Å². The van der Waals surface area contributed by atoms with Crippen LogP contribution >= 0.6 is 27.3 Å². The minimum Gasteiger partial charge on any atom is -0.359 e. The molecular formula is C11H13BrF3NO2S. The second kappa shape index (κ2) is 6.71. The van der Waals surface area contributed by atoms with E-state index in [4.69, 9.17) is 0 Å². The van der Waals surface area contributed by atoms with Gasteiger partial charge in [0.25, 0.3) is 5.91 Å². The van der Waals surface area contributed by atoms with Gasteiger partial charge in [-0.3, -0.25) is 4.79 Å². The van der Waals surface area contributed by atoms with Crippen LogP contribution < -0.4 is 0 Å². The number of carbonyl (C=O) groups is 1. The molecular weight excluding hydrogens is 347 g/mol. The number of rotatable bonds is 5. The number of thiophene rings is 1. The Morgan fingerprint density at radius 3 is 2.68 bits per heavy atom. The number of amides is 1. The van der Waals surface area contributed by atoms with Crippen LogP contribution in [0.5, 0.6) is 0 Å². The van der Waals surface area contributed by atoms with Crippen molar-refractivity contribution in [1.29, 1.82) is 0 Å². The standard InChI is InChI=1S/C11H13BrF3NO2S/c1-7(18-6-11(13,14)15)10(17)16(2)4-8-3-9(12)19-5-8/h3,5,7H,4,6H2,1-2H3. The largest absolute Gasteiger partial charge is 0.411 e. The predicted molar refractivity (Wildman–Crippen MR) is 70.0 cm³/mol. The quantitative estimate of drug-likeness (QED) is 0.805. The lowest BCUT2D eigenvalue weighted by Crippen LogP contribution is -2.37. The van der Waals surface area contributed by atoms with Crippen LogP contribution in [0, 0.1) is 0 Å². The molecule has 1 amide bonds. The predicted octanol–water partition coefficient (Wildman–Crippen LogP) is 3.44. The monoisotopic (exact) mass is 359 g/mol. The number of alkyl halides is 3. The summed E-state index contributed by atoms with van der Waals surface area (Å²) in [7, 11) is 1.53. The Labute approximate surface area is 121 Å². The zero-order chi connectivity index (χ0) is 14.6. The van der Waals surface area contributed by atoms with Gasteiger partial charge >= 0.3 is 6.18 Å². The topological polar surface area (TPSA) is 29.5 Å². The van der Waals surface area contributed by atoms with Crippen molar-refractivity contribution in [1.82, 2.24) is 4.90 Å². The summed E-state index contributed by atoms with van der Waals surface area (Å²) in [5.41, 5.74) is 0.913. The third kappa shape index (κ3) is 5.92. The van der Waals surface area contributed by atoms with Crippen LogP contribution in [0.25, 0.3) is 0 Å². The number of hydrogen-bond acceptors (Lipinski definition) is 3. The summed E-state index contributed by atoms with van der Waals surface area (Å²) >= 11 is 4.78. The van der Waals surface area contributed by atoms with E-state index >= 15 is 0 Å². The van der Waals surface area contributed by atoms with Crippen LogP contribution in [0.4, 0.5) is 13.2 Å². The molecule has 1 rings (SSSR count). The first kappa shape index (κ1) is 16.5. The van der Waals surface area contributed by atoms with E-state index in [2.05, 4.69) is 20.7 Å². The molecule has 3 nitrogen and oxygen atoms in total. The summed E-state index contributed by atoms with van der Waals surface area (Å²) in [6.07, 6.45) is -5.54. The highest BCUT2D eigenvalue weighted by Crippen LogP contribution is 2.22. The molecule has 0 radical (unpaired) electrons. The number of halogens is 4. The number of likely N-dealkylation sites (N-methyl/N-ethyl adjacent to an activating group) is 1. The van der Waals surface area contributed by atoms with Crippen molar-refractivity contribution >= 4 is 33.2 Å². The average Bonchev–Trinajstić information content (AvgIpc) is 2.69. The van der Waals surface area contributed by atoms with Gasteiger partial charge in [-0.2, -0.15) is 13.2 Å². The molecule has 0 N–H and O–H groups in total. The Bertz CT molecular complexity index is 436. The van der Waals surface area contributed by atoms with Crippen LogP contribution in [0.1, 0.15) is 12.5 Å². The fourth-order valence-electron chi connectivity index (χ4n) is 1.38. The molecule has 0 spiro atoms. The van der Waals surface area contributed by atoms with Crippen LogP contribution in [0.2, 0.25) is 0 Å². The minimum atomic E-state index is -4.43. The van der Waals surface area contributed by atoms with Gasteiger partial charge in [-0.15, -0.1) is 11.3 Å².